The van der Waals surface area contributed by atoms with Crippen molar-refractivity contribution in [2.45, 2.75) is 33.0 Å². The van der Waals surface area contributed by atoms with Crippen LogP contribution in [0.25, 0.3) is 0 Å². The van der Waals surface area contributed by atoms with Gasteiger partial charge in [0.05, 0.1) is 12.6 Å². The van der Waals surface area contributed by atoms with Gasteiger partial charge in [0.25, 0.3) is 5.91 Å². The van der Waals surface area contributed by atoms with Crippen molar-refractivity contribution in [3.8, 4) is 0 Å². The molecule has 0 aromatic heterocycles. The van der Waals surface area contributed by atoms with E-state index in [1.807, 2.05) is 90.7 Å². The van der Waals surface area contributed by atoms with Gasteiger partial charge < -0.3 is 15.0 Å². The third-order valence-electron chi connectivity index (χ3n) is 5.10. The number of ether oxygens (including phenoxy) is 1. The van der Waals surface area contributed by atoms with E-state index < -0.39 is 0 Å². The summed E-state index contributed by atoms with van der Waals surface area (Å²) < 4.78 is 5.22. The highest BCUT2D eigenvalue weighted by molar-refractivity contribution is 5.94. The predicted molar refractivity (Wildman–Crippen MR) is 123 cm³/mol. The van der Waals surface area contributed by atoms with Gasteiger partial charge >= 0.3 is 0 Å². The number of methoxy groups -OCH3 is 1. The summed E-state index contributed by atoms with van der Waals surface area (Å²) >= 11 is 0. The molecular formula is C26H28N2O3. The van der Waals surface area contributed by atoms with Gasteiger partial charge in [0, 0.05) is 31.8 Å². The quantitative estimate of drug-likeness (QED) is 0.549. The van der Waals surface area contributed by atoms with E-state index in [4.69, 9.17) is 4.74 Å². The van der Waals surface area contributed by atoms with Crippen LogP contribution < -0.4 is 5.32 Å². The van der Waals surface area contributed by atoms with E-state index in [1.54, 1.807) is 7.11 Å². The van der Waals surface area contributed by atoms with Gasteiger partial charge in [0.1, 0.15) is 0 Å². The van der Waals surface area contributed by atoms with E-state index >= 15 is 0 Å². The lowest BCUT2D eigenvalue weighted by Gasteiger charge is -2.30. The molecule has 160 valence electrons. The van der Waals surface area contributed by atoms with Crippen molar-refractivity contribution >= 4 is 17.5 Å². The number of benzene rings is 3. The topological polar surface area (TPSA) is 58.6 Å². The van der Waals surface area contributed by atoms with Crippen LogP contribution in [0.3, 0.4) is 0 Å². The van der Waals surface area contributed by atoms with Gasteiger partial charge in [-0.15, -0.1) is 0 Å². The molecule has 5 nitrogen and oxygen atoms in total. The predicted octanol–water partition coefficient (Wildman–Crippen LogP) is 5.20. The number of hydrogen-bond donors (Lipinski definition) is 1. The van der Waals surface area contributed by atoms with Gasteiger partial charge in [-0.1, -0.05) is 54.6 Å². The van der Waals surface area contributed by atoms with Gasteiger partial charge in [-0.3, -0.25) is 9.59 Å². The normalized spacial score (nSPS) is 11.6. The molecular weight excluding hydrogens is 388 g/mol. The lowest BCUT2D eigenvalue weighted by molar-refractivity contribution is -0.114. The largest absolute Gasteiger partial charge is 0.380 e. The summed E-state index contributed by atoms with van der Waals surface area (Å²) in [5.41, 5.74) is 4.28. The minimum Gasteiger partial charge on any atom is -0.380 e. The third kappa shape index (κ3) is 6.03. The van der Waals surface area contributed by atoms with Crippen molar-refractivity contribution in [3.05, 3.63) is 101 Å². The molecule has 0 aliphatic heterocycles. The van der Waals surface area contributed by atoms with Crippen LogP contribution in [0.15, 0.2) is 78.9 Å². The average molecular weight is 417 g/mol. The molecule has 0 spiro atoms. The Morgan fingerprint density at radius 3 is 2.35 bits per heavy atom. The molecule has 5 heteroatoms. The van der Waals surface area contributed by atoms with E-state index in [2.05, 4.69) is 5.32 Å². The Labute approximate surface area is 183 Å². The van der Waals surface area contributed by atoms with Crippen molar-refractivity contribution < 1.29 is 14.3 Å². The van der Waals surface area contributed by atoms with E-state index in [0.717, 1.165) is 16.7 Å². The summed E-state index contributed by atoms with van der Waals surface area (Å²) in [6.45, 7) is 4.41. The van der Waals surface area contributed by atoms with Gasteiger partial charge in [-0.05, 0) is 47.9 Å². The highest BCUT2D eigenvalue weighted by Crippen LogP contribution is 2.27. The molecule has 1 atom stereocenters. The monoisotopic (exact) mass is 416 g/mol. The number of nitrogens with zero attached hydrogens (tertiary/aromatic N) is 1. The Morgan fingerprint density at radius 1 is 0.935 bits per heavy atom. The molecule has 3 aromatic rings. The molecule has 3 aromatic carbocycles. The maximum Gasteiger partial charge on any atom is 0.254 e. The van der Waals surface area contributed by atoms with Gasteiger partial charge in [-0.2, -0.15) is 0 Å². The first kappa shape index (κ1) is 22.2. The lowest BCUT2D eigenvalue weighted by atomic mass is 10.0. The number of amides is 2. The number of hydrogen-bond acceptors (Lipinski definition) is 3. The van der Waals surface area contributed by atoms with Crippen LogP contribution >= 0.6 is 0 Å². The smallest absolute Gasteiger partial charge is 0.254 e. The first-order valence-electron chi connectivity index (χ1n) is 10.3. The summed E-state index contributed by atoms with van der Waals surface area (Å²) in [5, 5.41) is 2.81. The molecule has 3 rings (SSSR count). The van der Waals surface area contributed by atoms with Crippen LogP contribution in [0.1, 0.15) is 46.9 Å². The zero-order valence-corrected chi connectivity index (χ0v) is 18.2. The van der Waals surface area contributed by atoms with Gasteiger partial charge in [-0.25, -0.2) is 0 Å². The Morgan fingerprint density at radius 2 is 1.65 bits per heavy atom. The number of carbonyl (C=O) groups is 2. The van der Waals surface area contributed by atoms with Crippen LogP contribution in [0.4, 0.5) is 5.69 Å². The summed E-state index contributed by atoms with van der Waals surface area (Å²) in [7, 11) is 1.64. The highest BCUT2D eigenvalue weighted by atomic mass is 16.5. The molecule has 0 aliphatic carbocycles. The SMILES string of the molecule is COCc1cccc(C(=O)N(Cc2ccccc2)C(C)c2cccc(NC(C)=O)c2)c1. The summed E-state index contributed by atoms with van der Waals surface area (Å²) in [5.74, 6) is -0.184. The van der Waals surface area contributed by atoms with E-state index in [9.17, 15) is 9.59 Å². The summed E-state index contributed by atoms with van der Waals surface area (Å²) in [6.07, 6.45) is 0. The minimum absolute atomic E-state index is 0.0563. The molecule has 1 unspecified atom stereocenters. The summed E-state index contributed by atoms with van der Waals surface area (Å²) in [6, 6.07) is 24.9. The van der Waals surface area contributed by atoms with Gasteiger partial charge in [0.15, 0.2) is 0 Å². The molecule has 1 N–H and O–H groups in total. The standard InChI is InChI=1S/C26H28N2O3/c1-19(23-12-8-14-25(16-23)27-20(2)29)28(17-21-9-5-4-6-10-21)26(30)24-13-7-11-22(15-24)18-31-3/h4-16,19H,17-18H2,1-3H3,(H,27,29). The van der Waals surface area contributed by atoms with E-state index in [1.165, 1.54) is 6.92 Å². The lowest BCUT2D eigenvalue weighted by Crippen LogP contribution is -2.33. The fourth-order valence-electron chi connectivity index (χ4n) is 3.55. The van der Waals surface area contributed by atoms with Crippen LogP contribution in [0.2, 0.25) is 0 Å². The molecule has 0 saturated heterocycles. The van der Waals surface area contributed by atoms with Crippen LogP contribution in [0.5, 0.6) is 0 Å². The zero-order valence-electron chi connectivity index (χ0n) is 18.2. The number of carbonyl (C=O) groups excluding carboxylic acids is 2. The van der Waals surface area contributed by atoms with Crippen LogP contribution in [-0.2, 0) is 22.7 Å². The van der Waals surface area contributed by atoms with Crippen LogP contribution in [-0.4, -0.2) is 23.8 Å². The second-order valence-electron chi connectivity index (χ2n) is 7.53. The Bertz CT molecular complexity index is 1030. The maximum atomic E-state index is 13.6. The number of nitrogens with one attached hydrogen (secondary N) is 1. The Balaban J connectivity index is 1.95. The molecule has 0 saturated carbocycles. The third-order valence-corrected chi connectivity index (χ3v) is 5.10. The highest BCUT2D eigenvalue weighted by Gasteiger charge is 2.23. The molecule has 0 bridgehead atoms. The fraction of sp³-hybridized carbons (Fsp3) is 0.231. The average Bonchev–Trinajstić information content (AvgIpc) is 2.77. The van der Waals surface area contributed by atoms with Crippen LogP contribution in [0, 0.1) is 0 Å². The van der Waals surface area contributed by atoms with E-state index in [-0.39, 0.29) is 17.9 Å². The maximum absolute atomic E-state index is 13.6. The molecule has 0 fully saturated rings. The molecule has 0 aliphatic rings. The zero-order chi connectivity index (χ0) is 22.2. The van der Waals surface area contributed by atoms with Crippen molar-refractivity contribution in [3.63, 3.8) is 0 Å². The van der Waals surface area contributed by atoms with Crippen molar-refractivity contribution in [1.29, 1.82) is 0 Å². The number of anilines is 1. The molecule has 0 radical (unpaired) electrons. The Hall–Kier alpha value is -3.44. The molecule has 0 heterocycles. The minimum atomic E-state index is -0.201. The van der Waals surface area contributed by atoms with Crippen molar-refractivity contribution in [1.82, 2.24) is 4.90 Å². The fourth-order valence-corrected chi connectivity index (χ4v) is 3.55. The molecule has 31 heavy (non-hydrogen) atoms. The molecule has 2 amide bonds. The van der Waals surface area contributed by atoms with E-state index in [0.29, 0.717) is 24.4 Å². The summed E-state index contributed by atoms with van der Waals surface area (Å²) in [4.78, 5) is 26.9. The van der Waals surface area contributed by atoms with Crippen molar-refractivity contribution in [2.24, 2.45) is 0 Å². The van der Waals surface area contributed by atoms with Gasteiger partial charge in [0.2, 0.25) is 5.91 Å². The first-order valence-corrected chi connectivity index (χ1v) is 10.3. The van der Waals surface area contributed by atoms with Crippen molar-refractivity contribution in [2.75, 3.05) is 12.4 Å². The second-order valence-corrected chi connectivity index (χ2v) is 7.53. The second kappa shape index (κ2) is 10.5. The number of rotatable bonds is 8. The first-order chi connectivity index (χ1) is 15.0. The Kier molecular flexibility index (Phi) is 7.57.